The van der Waals surface area contributed by atoms with Gasteiger partial charge in [-0.1, -0.05) is 6.07 Å². The zero-order valence-corrected chi connectivity index (χ0v) is 9.70. The average Bonchev–Trinajstić information content (AvgIpc) is 2.80. The van der Waals surface area contributed by atoms with E-state index in [0.717, 1.165) is 0 Å². The molecule has 0 bridgehead atoms. The Kier molecular flexibility index (Phi) is 2.58. The lowest BCUT2D eigenvalue weighted by atomic mass is 9.99. The maximum absolute atomic E-state index is 11.1. The van der Waals surface area contributed by atoms with E-state index in [1.807, 2.05) is 0 Å². The van der Waals surface area contributed by atoms with Gasteiger partial charge in [-0.2, -0.15) is 5.26 Å². The lowest BCUT2D eigenvalue weighted by Crippen LogP contribution is -2.03. The summed E-state index contributed by atoms with van der Waals surface area (Å²) in [5, 5.41) is 9.28. The third-order valence-electron chi connectivity index (χ3n) is 2.75. The minimum absolute atomic E-state index is 0.426. The molecule has 0 aliphatic heterocycles. The van der Waals surface area contributed by atoms with Crippen LogP contribution in [0.5, 0.6) is 0 Å². The average molecular weight is 252 g/mol. The Morgan fingerprint density at radius 2 is 2.11 bits per heavy atom. The van der Waals surface area contributed by atoms with Gasteiger partial charge in [0, 0.05) is 12.4 Å². The second-order valence-electron chi connectivity index (χ2n) is 3.94. The predicted octanol–water partition coefficient (Wildman–Crippen LogP) is 1.57. The molecule has 19 heavy (non-hydrogen) atoms. The van der Waals surface area contributed by atoms with E-state index < -0.39 is 11.7 Å². The van der Waals surface area contributed by atoms with E-state index in [-0.39, 0.29) is 0 Å². The summed E-state index contributed by atoms with van der Waals surface area (Å²) in [6, 6.07) is 8.92. The molecule has 3 aromatic rings. The molecular weight excluding hydrogens is 244 g/mol. The highest BCUT2D eigenvalue weighted by molar-refractivity contribution is 5.73. The van der Waals surface area contributed by atoms with Crippen molar-refractivity contribution < 1.29 is 4.42 Å². The largest absolute Gasteiger partial charge is 0.417 e. The summed E-state index contributed by atoms with van der Waals surface area (Å²) in [7, 11) is 0. The van der Waals surface area contributed by atoms with Crippen molar-refractivity contribution in [2.24, 2.45) is 0 Å². The standard InChI is InChI=1S/C13H8N4O2/c14-7-9(12-15-4-1-5-16-12)8-2-3-11-10(6-8)17-13(18)19-11/h1-6,9H,(H,17,18). The van der Waals surface area contributed by atoms with E-state index >= 15 is 0 Å². The van der Waals surface area contributed by atoms with Crippen molar-refractivity contribution in [2.75, 3.05) is 0 Å². The monoisotopic (exact) mass is 252 g/mol. The van der Waals surface area contributed by atoms with Crippen LogP contribution in [0.3, 0.4) is 0 Å². The zero-order valence-electron chi connectivity index (χ0n) is 9.70. The third-order valence-corrected chi connectivity index (χ3v) is 2.75. The molecule has 3 rings (SSSR count). The van der Waals surface area contributed by atoms with Crippen molar-refractivity contribution in [3.8, 4) is 6.07 Å². The lowest BCUT2D eigenvalue weighted by Gasteiger charge is -2.07. The summed E-state index contributed by atoms with van der Waals surface area (Å²) in [5.41, 5.74) is 1.72. The Morgan fingerprint density at radius 3 is 2.84 bits per heavy atom. The molecular formula is C13H8N4O2. The second kappa shape index (κ2) is 4.38. The van der Waals surface area contributed by atoms with E-state index in [2.05, 4.69) is 21.0 Å². The quantitative estimate of drug-likeness (QED) is 0.746. The van der Waals surface area contributed by atoms with Gasteiger partial charge in [0.1, 0.15) is 11.7 Å². The highest BCUT2D eigenvalue weighted by Gasteiger charge is 2.17. The van der Waals surface area contributed by atoms with E-state index in [1.165, 1.54) is 0 Å². The number of hydrogen-bond acceptors (Lipinski definition) is 5. The van der Waals surface area contributed by atoms with E-state index in [9.17, 15) is 10.1 Å². The molecule has 0 aliphatic carbocycles. The lowest BCUT2D eigenvalue weighted by molar-refractivity contribution is 0.555. The van der Waals surface area contributed by atoms with Crippen molar-refractivity contribution in [2.45, 2.75) is 5.92 Å². The maximum atomic E-state index is 11.1. The molecule has 0 aliphatic rings. The molecule has 6 heteroatoms. The topological polar surface area (TPSA) is 95.6 Å². The fourth-order valence-electron chi connectivity index (χ4n) is 1.89. The Bertz CT molecular complexity index is 814. The van der Waals surface area contributed by atoms with Crippen molar-refractivity contribution >= 4 is 11.1 Å². The van der Waals surface area contributed by atoms with Gasteiger partial charge in [0.25, 0.3) is 0 Å². The minimum Gasteiger partial charge on any atom is -0.408 e. The molecule has 0 saturated heterocycles. The molecule has 0 fully saturated rings. The molecule has 1 atom stereocenters. The first-order chi connectivity index (χ1) is 9.28. The fraction of sp³-hybridized carbons (Fsp3) is 0.0769. The molecule has 1 unspecified atom stereocenters. The molecule has 2 aromatic heterocycles. The molecule has 0 spiro atoms. The zero-order chi connectivity index (χ0) is 13.2. The van der Waals surface area contributed by atoms with Crippen LogP contribution >= 0.6 is 0 Å². The molecule has 1 aromatic carbocycles. The van der Waals surface area contributed by atoms with Crippen molar-refractivity contribution in [1.29, 1.82) is 5.26 Å². The van der Waals surface area contributed by atoms with Crippen molar-refractivity contribution in [3.05, 3.63) is 58.6 Å². The number of aromatic nitrogens is 3. The number of benzene rings is 1. The van der Waals surface area contributed by atoms with Crippen LogP contribution in [-0.2, 0) is 0 Å². The van der Waals surface area contributed by atoms with Gasteiger partial charge in [0.2, 0.25) is 0 Å². The van der Waals surface area contributed by atoms with Crippen LogP contribution in [-0.4, -0.2) is 15.0 Å². The molecule has 0 radical (unpaired) electrons. The van der Waals surface area contributed by atoms with Gasteiger partial charge in [0.15, 0.2) is 5.58 Å². The summed E-state index contributed by atoms with van der Waals surface area (Å²) in [5.74, 6) is -0.671. The number of nitrogens with zero attached hydrogens (tertiary/aromatic N) is 3. The molecule has 0 saturated carbocycles. The number of nitrogens with one attached hydrogen (secondary N) is 1. The predicted molar refractivity (Wildman–Crippen MR) is 66.3 cm³/mol. The Balaban J connectivity index is 2.12. The molecule has 92 valence electrons. The highest BCUT2D eigenvalue weighted by atomic mass is 16.4. The minimum atomic E-state index is -0.580. The first-order valence-electron chi connectivity index (χ1n) is 5.57. The van der Waals surface area contributed by atoms with Gasteiger partial charge in [0.05, 0.1) is 11.6 Å². The van der Waals surface area contributed by atoms with Crippen LogP contribution in [0.25, 0.3) is 11.1 Å². The van der Waals surface area contributed by atoms with Crippen molar-refractivity contribution in [1.82, 2.24) is 15.0 Å². The summed E-state index contributed by atoms with van der Waals surface area (Å²) in [4.78, 5) is 21.8. The smallest absolute Gasteiger partial charge is 0.408 e. The maximum Gasteiger partial charge on any atom is 0.417 e. The molecule has 2 heterocycles. The number of aromatic amines is 1. The molecule has 0 amide bonds. The summed E-state index contributed by atoms with van der Waals surface area (Å²) >= 11 is 0. The van der Waals surface area contributed by atoms with E-state index in [1.54, 1.807) is 36.7 Å². The van der Waals surface area contributed by atoms with Gasteiger partial charge in [-0.3, -0.25) is 4.98 Å². The highest BCUT2D eigenvalue weighted by Crippen LogP contribution is 2.23. The Labute approximate surface area is 107 Å². The number of fused-ring (bicyclic) bond motifs is 1. The van der Waals surface area contributed by atoms with Crippen LogP contribution in [0.1, 0.15) is 17.3 Å². The first-order valence-corrected chi connectivity index (χ1v) is 5.57. The second-order valence-corrected chi connectivity index (χ2v) is 3.94. The summed E-state index contributed by atoms with van der Waals surface area (Å²) < 4.78 is 4.92. The number of hydrogen-bond donors (Lipinski definition) is 1. The van der Waals surface area contributed by atoms with Crippen LogP contribution in [0.4, 0.5) is 0 Å². The van der Waals surface area contributed by atoms with Gasteiger partial charge >= 0.3 is 5.76 Å². The van der Waals surface area contributed by atoms with Gasteiger partial charge in [-0.25, -0.2) is 14.8 Å². The Morgan fingerprint density at radius 1 is 1.32 bits per heavy atom. The van der Waals surface area contributed by atoms with Gasteiger partial charge in [-0.15, -0.1) is 0 Å². The third kappa shape index (κ3) is 1.98. The fourth-order valence-corrected chi connectivity index (χ4v) is 1.89. The van der Waals surface area contributed by atoms with Gasteiger partial charge in [-0.05, 0) is 23.8 Å². The van der Waals surface area contributed by atoms with Crippen molar-refractivity contribution in [3.63, 3.8) is 0 Å². The van der Waals surface area contributed by atoms with Crippen LogP contribution in [0.2, 0.25) is 0 Å². The SMILES string of the molecule is N#CC(c1ccc2oc(=O)[nH]c2c1)c1ncccn1. The van der Waals surface area contributed by atoms with Crippen LogP contribution < -0.4 is 5.76 Å². The number of rotatable bonds is 2. The number of H-pyrrole nitrogens is 1. The van der Waals surface area contributed by atoms with Crippen LogP contribution in [0, 0.1) is 11.3 Å². The summed E-state index contributed by atoms with van der Waals surface area (Å²) in [6.07, 6.45) is 3.18. The molecule has 6 nitrogen and oxygen atoms in total. The summed E-state index contributed by atoms with van der Waals surface area (Å²) in [6.45, 7) is 0. The van der Waals surface area contributed by atoms with Crippen LogP contribution in [0.15, 0.2) is 45.9 Å². The normalized spacial score (nSPS) is 12.2. The van der Waals surface area contributed by atoms with Gasteiger partial charge < -0.3 is 4.42 Å². The number of nitriles is 1. The van der Waals surface area contributed by atoms with E-state index in [4.69, 9.17) is 4.42 Å². The van der Waals surface area contributed by atoms with E-state index in [0.29, 0.717) is 22.5 Å². The molecule has 1 N–H and O–H groups in total. The first kappa shape index (κ1) is 11.2. The Hall–Kier alpha value is -2.94. The number of oxazole rings is 1.